The van der Waals surface area contributed by atoms with E-state index in [1.807, 2.05) is 18.2 Å². The van der Waals surface area contributed by atoms with Gasteiger partial charge >= 0.3 is 6.36 Å². The zero-order valence-electron chi connectivity index (χ0n) is 19.2. The molecule has 0 aromatic heterocycles. The van der Waals surface area contributed by atoms with Crippen LogP contribution in [0, 0.1) is 23.3 Å². The van der Waals surface area contributed by atoms with Gasteiger partial charge in [0.15, 0.2) is 11.6 Å². The van der Waals surface area contributed by atoms with Crippen LogP contribution in [0.5, 0.6) is 5.75 Å². The highest BCUT2D eigenvalue weighted by Crippen LogP contribution is 2.36. The smallest absolute Gasteiger partial charge is 0.399 e. The van der Waals surface area contributed by atoms with E-state index in [9.17, 15) is 30.7 Å². The number of unbranched alkanes of at least 4 members (excludes halogenated alkanes) is 2. The SMILES string of the molecule is CCCCCc1ccc2cc(-c3cc(F)c(-c4cc(F)c(OC(F)(F)F)c(F)c4)c(F)c3)ccc2c1. The minimum Gasteiger partial charge on any atom is -0.399 e. The van der Waals surface area contributed by atoms with E-state index in [4.69, 9.17) is 0 Å². The third-order valence-corrected chi connectivity index (χ3v) is 5.85. The third-order valence-electron chi connectivity index (χ3n) is 5.85. The van der Waals surface area contributed by atoms with Gasteiger partial charge in [-0.3, -0.25) is 0 Å². The van der Waals surface area contributed by atoms with Gasteiger partial charge in [0, 0.05) is 0 Å². The summed E-state index contributed by atoms with van der Waals surface area (Å²) >= 11 is 0. The lowest BCUT2D eigenvalue weighted by Crippen LogP contribution is -2.19. The Labute approximate surface area is 203 Å². The molecule has 0 radical (unpaired) electrons. The summed E-state index contributed by atoms with van der Waals surface area (Å²) in [6.07, 6.45) is -0.998. The summed E-state index contributed by atoms with van der Waals surface area (Å²) < 4.78 is 98.5. The third kappa shape index (κ3) is 5.64. The highest BCUT2D eigenvalue weighted by atomic mass is 19.4. The monoisotopic (exact) mass is 506 g/mol. The quantitative estimate of drug-likeness (QED) is 0.179. The van der Waals surface area contributed by atoms with Gasteiger partial charge in [0.1, 0.15) is 11.6 Å². The Balaban J connectivity index is 1.66. The van der Waals surface area contributed by atoms with Crippen LogP contribution in [0.2, 0.25) is 0 Å². The second-order valence-corrected chi connectivity index (χ2v) is 8.49. The number of halogens is 7. The number of fused-ring (bicyclic) bond motifs is 1. The summed E-state index contributed by atoms with van der Waals surface area (Å²) in [6.45, 7) is 2.14. The van der Waals surface area contributed by atoms with Crippen LogP contribution < -0.4 is 4.74 Å². The first-order valence-electron chi connectivity index (χ1n) is 11.3. The van der Waals surface area contributed by atoms with Gasteiger partial charge in [-0.15, -0.1) is 13.2 Å². The van der Waals surface area contributed by atoms with Crippen molar-refractivity contribution in [2.45, 2.75) is 39.0 Å². The van der Waals surface area contributed by atoms with Crippen LogP contribution in [0.1, 0.15) is 31.7 Å². The second kappa shape index (κ2) is 10.2. The van der Waals surface area contributed by atoms with Crippen molar-refractivity contribution in [2.75, 3.05) is 0 Å². The number of rotatable bonds is 7. The topological polar surface area (TPSA) is 9.23 Å². The first kappa shape index (κ1) is 25.5. The molecular formula is C28H21F7O. The van der Waals surface area contributed by atoms with E-state index >= 15 is 0 Å². The first-order valence-corrected chi connectivity index (χ1v) is 11.3. The van der Waals surface area contributed by atoms with Crippen LogP contribution >= 0.6 is 0 Å². The van der Waals surface area contributed by atoms with Crippen molar-refractivity contribution in [2.24, 2.45) is 0 Å². The number of ether oxygens (including phenoxy) is 1. The Morgan fingerprint density at radius 3 is 1.83 bits per heavy atom. The van der Waals surface area contributed by atoms with Crippen molar-refractivity contribution in [3.8, 4) is 28.0 Å². The maximum absolute atomic E-state index is 14.9. The zero-order valence-corrected chi connectivity index (χ0v) is 19.2. The summed E-state index contributed by atoms with van der Waals surface area (Å²) in [4.78, 5) is 0. The fourth-order valence-corrected chi connectivity index (χ4v) is 4.14. The van der Waals surface area contributed by atoms with Crippen molar-refractivity contribution in [3.05, 3.63) is 89.5 Å². The van der Waals surface area contributed by atoms with Gasteiger partial charge in [0.2, 0.25) is 5.75 Å². The van der Waals surface area contributed by atoms with E-state index in [1.165, 1.54) is 5.56 Å². The average Bonchev–Trinajstić information content (AvgIpc) is 2.80. The van der Waals surface area contributed by atoms with Crippen LogP contribution in [0.15, 0.2) is 60.7 Å². The molecule has 0 N–H and O–H groups in total. The summed E-state index contributed by atoms with van der Waals surface area (Å²) in [7, 11) is 0. The molecule has 4 aromatic carbocycles. The normalized spacial score (nSPS) is 11.8. The predicted octanol–water partition coefficient (Wildman–Crippen LogP) is 9.36. The van der Waals surface area contributed by atoms with Gasteiger partial charge in [-0.1, -0.05) is 50.1 Å². The molecule has 0 fully saturated rings. The van der Waals surface area contributed by atoms with Crippen LogP contribution in [0.3, 0.4) is 0 Å². The maximum Gasteiger partial charge on any atom is 0.573 e. The van der Waals surface area contributed by atoms with Crippen molar-refractivity contribution in [1.82, 2.24) is 0 Å². The molecule has 0 spiro atoms. The predicted molar refractivity (Wildman–Crippen MR) is 125 cm³/mol. The fourth-order valence-electron chi connectivity index (χ4n) is 4.14. The number of alkyl halides is 3. The molecule has 8 heteroatoms. The fraction of sp³-hybridized carbons (Fsp3) is 0.214. The molecule has 0 atom stereocenters. The molecule has 36 heavy (non-hydrogen) atoms. The van der Waals surface area contributed by atoms with Crippen LogP contribution in [0.25, 0.3) is 33.0 Å². The number of aryl methyl sites for hydroxylation is 1. The van der Waals surface area contributed by atoms with Gasteiger partial charge < -0.3 is 4.74 Å². The van der Waals surface area contributed by atoms with E-state index < -0.39 is 46.5 Å². The zero-order chi connectivity index (χ0) is 26.0. The molecule has 0 heterocycles. The molecule has 188 valence electrons. The number of hydrogen-bond donors (Lipinski definition) is 0. The van der Waals surface area contributed by atoms with Gasteiger partial charge in [0.25, 0.3) is 0 Å². The second-order valence-electron chi connectivity index (χ2n) is 8.49. The van der Waals surface area contributed by atoms with Gasteiger partial charge in [0.05, 0.1) is 5.56 Å². The van der Waals surface area contributed by atoms with Crippen LogP contribution in [-0.4, -0.2) is 6.36 Å². The maximum atomic E-state index is 14.9. The highest BCUT2D eigenvalue weighted by Gasteiger charge is 2.34. The number of benzene rings is 4. The van der Waals surface area contributed by atoms with E-state index in [-0.39, 0.29) is 5.56 Å². The molecule has 0 unspecified atom stereocenters. The Hall–Kier alpha value is -3.55. The summed E-state index contributed by atoms with van der Waals surface area (Å²) in [5.74, 6) is -7.43. The van der Waals surface area contributed by atoms with E-state index in [1.54, 1.807) is 12.1 Å². The lowest BCUT2D eigenvalue weighted by molar-refractivity contribution is -0.276. The Morgan fingerprint density at radius 1 is 0.639 bits per heavy atom. The van der Waals surface area contributed by atoms with E-state index in [2.05, 4.69) is 17.7 Å². The molecule has 0 aliphatic heterocycles. The van der Waals surface area contributed by atoms with Crippen molar-refractivity contribution < 1.29 is 35.5 Å². The molecule has 4 aromatic rings. The Morgan fingerprint density at radius 2 is 1.22 bits per heavy atom. The summed E-state index contributed by atoms with van der Waals surface area (Å²) in [6, 6.07) is 14.2. The molecular weight excluding hydrogens is 485 g/mol. The van der Waals surface area contributed by atoms with Crippen molar-refractivity contribution in [3.63, 3.8) is 0 Å². The van der Waals surface area contributed by atoms with Crippen LogP contribution in [-0.2, 0) is 6.42 Å². The molecule has 4 rings (SSSR count). The highest BCUT2D eigenvalue weighted by molar-refractivity contribution is 5.88. The van der Waals surface area contributed by atoms with E-state index in [0.717, 1.165) is 48.6 Å². The first-order chi connectivity index (χ1) is 17.1. The standard InChI is InChI=1S/C28H21F7O/c1-2-3-4-5-16-6-7-18-11-19(9-8-17(18)10-16)20-12-22(29)26(23(30)13-20)21-14-24(31)27(25(32)15-21)36-28(33,34)35/h6-15H,2-5H2,1H3. The van der Waals surface area contributed by atoms with E-state index in [0.29, 0.717) is 17.7 Å². The molecule has 1 nitrogen and oxygen atoms in total. The van der Waals surface area contributed by atoms with Gasteiger partial charge in [-0.25, -0.2) is 17.6 Å². The van der Waals surface area contributed by atoms with Crippen LogP contribution in [0.4, 0.5) is 30.7 Å². The Bertz CT molecular complexity index is 1360. The molecule has 0 aliphatic rings. The number of hydrogen-bond acceptors (Lipinski definition) is 1. The average molecular weight is 506 g/mol. The minimum atomic E-state index is -5.34. The Kier molecular flexibility index (Phi) is 7.24. The summed E-state index contributed by atoms with van der Waals surface area (Å²) in [5.41, 5.74) is 0.552. The molecule has 0 bridgehead atoms. The molecule has 0 amide bonds. The summed E-state index contributed by atoms with van der Waals surface area (Å²) in [5, 5.41) is 1.86. The van der Waals surface area contributed by atoms with Crippen molar-refractivity contribution in [1.29, 1.82) is 0 Å². The molecule has 0 saturated carbocycles. The van der Waals surface area contributed by atoms with Gasteiger partial charge in [-0.2, -0.15) is 0 Å². The minimum absolute atomic E-state index is 0.195. The lowest BCUT2D eigenvalue weighted by atomic mass is 9.96. The molecule has 0 aliphatic carbocycles. The van der Waals surface area contributed by atoms with Crippen molar-refractivity contribution >= 4 is 10.8 Å². The lowest BCUT2D eigenvalue weighted by Gasteiger charge is -2.13. The van der Waals surface area contributed by atoms with Gasteiger partial charge in [-0.05, 0) is 76.2 Å². The largest absolute Gasteiger partial charge is 0.573 e. The molecule has 0 saturated heterocycles.